The highest BCUT2D eigenvalue weighted by Crippen LogP contribution is 2.25. The van der Waals surface area contributed by atoms with Crippen molar-refractivity contribution in [2.45, 2.75) is 6.42 Å². The fourth-order valence-electron chi connectivity index (χ4n) is 1.98. The van der Waals surface area contributed by atoms with Crippen LogP contribution in [0.5, 0.6) is 5.75 Å². The van der Waals surface area contributed by atoms with Crippen LogP contribution in [0.15, 0.2) is 52.7 Å². The molecule has 0 radical (unpaired) electrons. The molecule has 0 saturated heterocycles. The number of benzene rings is 2. The number of aromatic hydroxyl groups is 1. The van der Waals surface area contributed by atoms with E-state index in [9.17, 15) is 19.5 Å². The number of rotatable bonds is 7. The van der Waals surface area contributed by atoms with Crippen molar-refractivity contribution in [3.8, 4) is 5.75 Å². The summed E-state index contributed by atoms with van der Waals surface area (Å²) in [5.74, 6) is -3.16. The van der Waals surface area contributed by atoms with Crippen molar-refractivity contribution < 1.29 is 29.7 Å². The van der Waals surface area contributed by atoms with Crippen LogP contribution < -0.4 is 5.32 Å². The number of phenols is 1. The molecule has 0 heterocycles. The Morgan fingerprint density at radius 2 is 1.54 bits per heavy atom. The summed E-state index contributed by atoms with van der Waals surface area (Å²) >= 11 is 0. The van der Waals surface area contributed by atoms with Crippen molar-refractivity contribution in [2.75, 3.05) is 6.54 Å². The first kappa shape index (κ1) is 18.6. The molecule has 0 aromatic heterocycles. The highest BCUT2D eigenvalue weighted by atomic mass is 16.4. The Kier molecular flexibility index (Phi) is 5.99. The average Bonchev–Trinajstić information content (AvgIpc) is 2.60. The van der Waals surface area contributed by atoms with E-state index in [0.29, 0.717) is 11.3 Å². The topological polar surface area (TPSA) is 149 Å². The Hall–Kier alpha value is -3.75. The normalized spacial score (nSPS) is 10.6. The predicted octanol–water partition coefficient (Wildman–Crippen LogP) is 2.25. The van der Waals surface area contributed by atoms with Gasteiger partial charge in [-0.15, -0.1) is 0 Å². The molecule has 9 heteroatoms. The molecule has 2 aromatic carbocycles. The molecular weight excluding hydrogens is 342 g/mol. The molecule has 26 heavy (non-hydrogen) atoms. The number of carboxylic acids is 2. The van der Waals surface area contributed by atoms with Gasteiger partial charge in [0.15, 0.2) is 0 Å². The number of carbonyl (C=O) groups excluding carboxylic acids is 1. The molecule has 2 rings (SSSR count). The molecule has 0 aliphatic carbocycles. The standard InChI is InChI=1S/C17H15N3O6/c21-14-6-5-12(8-13(14)17(25)26)20-19-11-3-1-10(2-4-11)7-15(22)18-9-16(23)24/h1-6,8,21H,7,9H2,(H,18,22)(H,23,24)(H,25,26). The first-order valence-electron chi connectivity index (χ1n) is 7.40. The van der Waals surface area contributed by atoms with Crippen LogP contribution in [0.4, 0.5) is 11.4 Å². The zero-order valence-electron chi connectivity index (χ0n) is 13.4. The summed E-state index contributed by atoms with van der Waals surface area (Å²) < 4.78 is 0. The van der Waals surface area contributed by atoms with E-state index in [1.165, 1.54) is 18.2 Å². The summed E-state index contributed by atoms with van der Waals surface area (Å²) in [6, 6.07) is 10.4. The molecule has 0 fully saturated rings. The maximum absolute atomic E-state index is 11.5. The first-order valence-corrected chi connectivity index (χ1v) is 7.40. The number of hydrogen-bond acceptors (Lipinski definition) is 6. The first-order chi connectivity index (χ1) is 12.3. The fraction of sp³-hybridized carbons (Fsp3) is 0.118. The molecule has 0 unspecified atom stereocenters. The summed E-state index contributed by atoms with van der Waals surface area (Å²) in [6.07, 6.45) is 0.0324. The molecule has 1 amide bonds. The van der Waals surface area contributed by atoms with E-state index in [1.807, 2.05) is 0 Å². The molecule has 2 aromatic rings. The second kappa shape index (κ2) is 8.38. The van der Waals surface area contributed by atoms with Crippen LogP contribution in [0, 0.1) is 0 Å². The van der Waals surface area contributed by atoms with Crippen molar-refractivity contribution in [3.05, 3.63) is 53.6 Å². The minimum absolute atomic E-state index is 0.0324. The van der Waals surface area contributed by atoms with E-state index in [0.717, 1.165) is 0 Å². The number of aliphatic carboxylic acids is 1. The lowest BCUT2D eigenvalue weighted by molar-refractivity contribution is -0.137. The number of carbonyl (C=O) groups is 3. The Morgan fingerprint density at radius 1 is 0.923 bits per heavy atom. The number of azo groups is 1. The van der Waals surface area contributed by atoms with Gasteiger partial charge in [0.05, 0.1) is 17.8 Å². The molecule has 0 aliphatic rings. The average molecular weight is 357 g/mol. The quantitative estimate of drug-likeness (QED) is 0.558. The van der Waals surface area contributed by atoms with Crippen molar-refractivity contribution in [1.82, 2.24) is 5.32 Å². The Bertz CT molecular complexity index is 861. The van der Waals surface area contributed by atoms with E-state index >= 15 is 0 Å². The predicted molar refractivity (Wildman–Crippen MR) is 90.0 cm³/mol. The van der Waals surface area contributed by atoms with Gasteiger partial charge < -0.3 is 20.6 Å². The van der Waals surface area contributed by atoms with Crippen LogP contribution >= 0.6 is 0 Å². The third-order valence-corrected chi connectivity index (χ3v) is 3.23. The number of nitrogens with one attached hydrogen (secondary N) is 1. The minimum Gasteiger partial charge on any atom is -0.507 e. The van der Waals surface area contributed by atoms with Crippen LogP contribution in [-0.4, -0.2) is 39.7 Å². The zero-order chi connectivity index (χ0) is 19.1. The maximum Gasteiger partial charge on any atom is 0.339 e. The second-order valence-electron chi connectivity index (χ2n) is 5.22. The van der Waals surface area contributed by atoms with Crippen LogP contribution in [-0.2, 0) is 16.0 Å². The van der Waals surface area contributed by atoms with Gasteiger partial charge in [-0.25, -0.2) is 4.79 Å². The number of nitrogens with zero attached hydrogens (tertiary/aromatic N) is 2. The van der Waals surface area contributed by atoms with Gasteiger partial charge in [0.2, 0.25) is 5.91 Å². The fourth-order valence-corrected chi connectivity index (χ4v) is 1.98. The van der Waals surface area contributed by atoms with Crippen LogP contribution in [0.1, 0.15) is 15.9 Å². The lowest BCUT2D eigenvalue weighted by atomic mass is 10.1. The number of aromatic carboxylic acids is 1. The van der Waals surface area contributed by atoms with Gasteiger partial charge in [-0.2, -0.15) is 10.2 Å². The van der Waals surface area contributed by atoms with Crippen LogP contribution in [0.3, 0.4) is 0 Å². The second-order valence-corrected chi connectivity index (χ2v) is 5.22. The van der Waals surface area contributed by atoms with Crippen molar-refractivity contribution in [1.29, 1.82) is 0 Å². The van der Waals surface area contributed by atoms with Gasteiger partial charge in [-0.05, 0) is 35.9 Å². The van der Waals surface area contributed by atoms with E-state index in [2.05, 4.69) is 15.5 Å². The summed E-state index contributed by atoms with van der Waals surface area (Å²) in [5, 5.41) is 37.0. The highest BCUT2D eigenvalue weighted by Gasteiger charge is 2.10. The number of hydrogen-bond donors (Lipinski definition) is 4. The van der Waals surface area contributed by atoms with Crippen LogP contribution in [0.2, 0.25) is 0 Å². The van der Waals surface area contributed by atoms with E-state index in [1.54, 1.807) is 24.3 Å². The lowest BCUT2D eigenvalue weighted by Crippen LogP contribution is -2.30. The zero-order valence-corrected chi connectivity index (χ0v) is 13.4. The number of carboxylic acid groups (broad SMARTS) is 2. The molecule has 0 aliphatic heterocycles. The highest BCUT2D eigenvalue weighted by molar-refractivity contribution is 5.91. The summed E-state index contributed by atoms with van der Waals surface area (Å²) in [4.78, 5) is 32.9. The van der Waals surface area contributed by atoms with Crippen molar-refractivity contribution in [2.24, 2.45) is 10.2 Å². The summed E-state index contributed by atoms with van der Waals surface area (Å²) in [7, 11) is 0. The SMILES string of the molecule is O=C(O)CNC(=O)Cc1ccc(N=Nc2ccc(O)c(C(=O)O)c2)cc1. The van der Waals surface area contributed by atoms with Crippen LogP contribution in [0.25, 0.3) is 0 Å². The van der Waals surface area contributed by atoms with Crippen molar-refractivity contribution in [3.63, 3.8) is 0 Å². The van der Waals surface area contributed by atoms with Gasteiger partial charge in [0.25, 0.3) is 0 Å². The monoisotopic (exact) mass is 357 g/mol. The molecular formula is C17H15N3O6. The van der Waals surface area contributed by atoms with E-state index in [-0.39, 0.29) is 23.4 Å². The molecule has 0 atom stereocenters. The third-order valence-electron chi connectivity index (χ3n) is 3.23. The summed E-state index contributed by atoms with van der Waals surface area (Å²) in [5.41, 5.74) is 1.13. The van der Waals surface area contributed by atoms with Gasteiger partial charge in [-0.1, -0.05) is 12.1 Å². The molecule has 0 bridgehead atoms. The van der Waals surface area contributed by atoms with E-state index in [4.69, 9.17) is 10.2 Å². The largest absolute Gasteiger partial charge is 0.507 e. The van der Waals surface area contributed by atoms with E-state index < -0.39 is 24.4 Å². The van der Waals surface area contributed by atoms with Gasteiger partial charge in [0.1, 0.15) is 17.9 Å². The molecule has 0 saturated carbocycles. The molecule has 134 valence electrons. The van der Waals surface area contributed by atoms with Gasteiger partial charge >= 0.3 is 11.9 Å². The third kappa shape index (κ3) is 5.41. The molecule has 9 nitrogen and oxygen atoms in total. The Morgan fingerprint density at radius 3 is 2.15 bits per heavy atom. The maximum atomic E-state index is 11.5. The minimum atomic E-state index is -1.27. The number of amides is 1. The smallest absolute Gasteiger partial charge is 0.339 e. The van der Waals surface area contributed by atoms with Gasteiger partial charge in [-0.3, -0.25) is 9.59 Å². The Labute approximate surface area is 147 Å². The van der Waals surface area contributed by atoms with Crippen molar-refractivity contribution >= 4 is 29.2 Å². The molecule has 0 spiro atoms. The van der Waals surface area contributed by atoms with Gasteiger partial charge in [0, 0.05) is 0 Å². The molecule has 4 N–H and O–H groups in total. The Balaban J connectivity index is 2.01. The summed E-state index contributed by atoms with van der Waals surface area (Å²) in [6.45, 7) is -0.434. The lowest BCUT2D eigenvalue weighted by Gasteiger charge is -2.03.